The van der Waals surface area contributed by atoms with Crippen LogP contribution in [0.15, 0.2) is 6.20 Å². The van der Waals surface area contributed by atoms with Crippen LogP contribution in [0.3, 0.4) is 0 Å². The molecule has 0 spiro atoms. The third-order valence-corrected chi connectivity index (χ3v) is 4.65. The molecule has 0 aromatic carbocycles. The minimum atomic E-state index is -1.12. The Hall–Kier alpha value is -2.02. The van der Waals surface area contributed by atoms with E-state index in [9.17, 15) is 9.90 Å². The summed E-state index contributed by atoms with van der Waals surface area (Å²) in [5.74, 6) is -0.0461. The molecule has 1 aromatic rings. The first-order valence-corrected chi connectivity index (χ1v) is 7.66. The fourth-order valence-corrected chi connectivity index (χ4v) is 3.63. The normalized spacial score (nSPS) is 27.5. The smallest absolute Gasteiger partial charge is 0.405 e. The lowest BCUT2D eigenvalue weighted by Gasteiger charge is -2.42. The van der Waals surface area contributed by atoms with Crippen molar-refractivity contribution in [1.82, 2.24) is 10.3 Å². The number of pyridine rings is 1. The van der Waals surface area contributed by atoms with Gasteiger partial charge in [0.1, 0.15) is 0 Å². The van der Waals surface area contributed by atoms with Gasteiger partial charge in [0.15, 0.2) is 0 Å². The Morgan fingerprint density at radius 1 is 1.45 bits per heavy atom. The summed E-state index contributed by atoms with van der Waals surface area (Å²) in [6, 6.07) is -0.522. The van der Waals surface area contributed by atoms with Gasteiger partial charge in [0.2, 0.25) is 0 Å². The minimum Gasteiger partial charge on any atom is -0.465 e. The standard InChI is InChI=1S/C15H22N4O3/c1-8-6-19(7-12(14(8)20)18-15(21)22)13-9-3-2-4-11(9)17-5-10(13)16/h5,8,12,14,18,20H,2-4,6-7,16H2,1H3,(H,21,22)/t8-,12+,14-/m0/s1. The Morgan fingerprint density at radius 3 is 2.95 bits per heavy atom. The topological polar surface area (TPSA) is 112 Å². The Bertz CT molecular complexity index is 592. The van der Waals surface area contributed by atoms with Crippen LogP contribution in [0.1, 0.15) is 24.6 Å². The van der Waals surface area contributed by atoms with E-state index in [-0.39, 0.29) is 5.92 Å². The molecule has 5 N–H and O–H groups in total. The van der Waals surface area contributed by atoms with Crippen LogP contribution in [0.5, 0.6) is 0 Å². The fourth-order valence-electron chi connectivity index (χ4n) is 3.63. The van der Waals surface area contributed by atoms with E-state index in [1.54, 1.807) is 6.20 Å². The Morgan fingerprint density at radius 2 is 2.23 bits per heavy atom. The lowest BCUT2D eigenvalue weighted by Crippen LogP contribution is -2.58. The number of aliphatic hydroxyl groups is 1. The number of rotatable bonds is 2. The molecule has 0 unspecified atom stereocenters. The van der Waals surface area contributed by atoms with Crippen molar-refractivity contribution in [3.63, 3.8) is 0 Å². The molecule has 0 radical (unpaired) electrons. The highest BCUT2D eigenvalue weighted by atomic mass is 16.4. The second-order valence-corrected chi connectivity index (χ2v) is 6.27. The number of fused-ring (bicyclic) bond motifs is 1. The molecule has 1 fully saturated rings. The summed E-state index contributed by atoms with van der Waals surface area (Å²) < 4.78 is 0. The SMILES string of the molecule is C[C@H]1CN(c2c(N)cnc3c2CCC3)C[C@@H](NC(=O)O)[C@H]1O. The van der Waals surface area contributed by atoms with Gasteiger partial charge in [-0.15, -0.1) is 0 Å². The Labute approximate surface area is 129 Å². The van der Waals surface area contributed by atoms with Crippen molar-refractivity contribution < 1.29 is 15.0 Å². The van der Waals surface area contributed by atoms with Crippen LogP contribution in [-0.2, 0) is 12.8 Å². The van der Waals surface area contributed by atoms with Crippen LogP contribution in [0.4, 0.5) is 16.2 Å². The van der Waals surface area contributed by atoms with Gasteiger partial charge in [-0.1, -0.05) is 6.92 Å². The molecule has 1 aliphatic heterocycles. The molecule has 1 amide bonds. The van der Waals surface area contributed by atoms with E-state index < -0.39 is 18.2 Å². The lowest BCUT2D eigenvalue weighted by molar-refractivity contribution is 0.0633. The zero-order valence-electron chi connectivity index (χ0n) is 12.6. The van der Waals surface area contributed by atoms with Crippen molar-refractivity contribution in [3.8, 4) is 0 Å². The largest absolute Gasteiger partial charge is 0.465 e. The number of hydrogen-bond donors (Lipinski definition) is 4. The Kier molecular flexibility index (Phi) is 3.82. The highest BCUT2D eigenvalue weighted by Gasteiger charge is 2.36. The van der Waals surface area contributed by atoms with Gasteiger partial charge in [-0.25, -0.2) is 4.79 Å². The van der Waals surface area contributed by atoms with Crippen molar-refractivity contribution in [3.05, 3.63) is 17.5 Å². The number of carbonyl (C=O) groups is 1. The maximum Gasteiger partial charge on any atom is 0.405 e. The number of nitrogen functional groups attached to an aromatic ring is 1. The summed E-state index contributed by atoms with van der Waals surface area (Å²) in [5, 5.41) is 21.6. The van der Waals surface area contributed by atoms with Gasteiger partial charge >= 0.3 is 6.09 Å². The molecule has 7 nitrogen and oxygen atoms in total. The van der Waals surface area contributed by atoms with Crippen LogP contribution in [0.2, 0.25) is 0 Å². The van der Waals surface area contributed by atoms with Crippen molar-refractivity contribution in [1.29, 1.82) is 0 Å². The van der Waals surface area contributed by atoms with Crippen LogP contribution >= 0.6 is 0 Å². The van der Waals surface area contributed by atoms with Gasteiger partial charge in [-0.3, -0.25) is 4.98 Å². The summed E-state index contributed by atoms with van der Waals surface area (Å²) in [6.45, 7) is 2.99. The van der Waals surface area contributed by atoms with Crippen molar-refractivity contribution >= 4 is 17.5 Å². The van der Waals surface area contributed by atoms with Crippen LogP contribution in [0.25, 0.3) is 0 Å². The molecule has 0 saturated carbocycles. The zero-order valence-corrected chi connectivity index (χ0v) is 12.6. The van der Waals surface area contributed by atoms with E-state index in [0.29, 0.717) is 18.8 Å². The second-order valence-electron chi connectivity index (χ2n) is 6.27. The van der Waals surface area contributed by atoms with Crippen molar-refractivity contribution in [2.75, 3.05) is 23.7 Å². The monoisotopic (exact) mass is 306 g/mol. The number of hydrogen-bond acceptors (Lipinski definition) is 5. The van der Waals surface area contributed by atoms with Crippen molar-refractivity contribution in [2.45, 2.75) is 38.3 Å². The average Bonchev–Trinajstić information content (AvgIpc) is 2.91. The molecule has 1 aliphatic carbocycles. The van der Waals surface area contributed by atoms with E-state index in [0.717, 1.165) is 30.6 Å². The molecule has 1 saturated heterocycles. The van der Waals surface area contributed by atoms with E-state index in [1.807, 2.05) is 6.92 Å². The third kappa shape index (κ3) is 2.56. The number of nitrogens with zero attached hydrogens (tertiary/aromatic N) is 2. The molecule has 3 atom stereocenters. The first kappa shape index (κ1) is 14.9. The first-order chi connectivity index (χ1) is 10.5. The average molecular weight is 306 g/mol. The van der Waals surface area contributed by atoms with Crippen molar-refractivity contribution in [2.24, 2.45) is 5.92 Å². The summed E-state index contributed by atoms with van der Waals surface area (Å²) in [4.78, 5) is 17.4. The number of carboxylic acid groups (broad SMARTS) is 1. The summed E-state index contributed by atoms with van der Waals surface area (Å²) in [5.41, 5.74) is 10.0. The van der Waals surface area contributed by atoms with E-state index in [4.69, 9.17) is 10.8 Å². The number of piperidine rings is 1. The third-order valence-electron chi connectivity index (χ3n) is 4.65. The predicted molar refractivity (Wildman–Crippen MR) is 83.0 cm³/mol. The van der Waals surface area contributed by atoms with E-state index >= 15 is 0 Å². The van der Waals surface area contributed by atoms with E-state index in [2.05, 4.69) is 15.2 Å². The molecule has 0 bridgehead atoms. The zero-order chi connectivity index (χ0) is 15.9. The number of nitrogens with one attached hydrogen (secondary N) is 1. The summed E-state index contributed by atoms with van der Waals surface area (Å²) >= 11 is 0. The summed E-state index contributed by atoms with van der Waals surface area (Å²) in [7, 11) is 0. The highest BCUT2D eigenvalue weighted by Crippen LogP contribution is 2.36. The van der Waals surface area contributed by atoms with Gasteiger partial charge in [-0.05, 0) is 24.8 Å². The van der Waals surface area contributed by atoms with Gasteiger partial charge in [0, 0.05) is 24.7 Å². The molecule has 2 aliphatic rings. The number of amides is 1. The molecule has 22 heavy (non-hydrogen) atoms. The number of aliphatic hydroxyl groups excluding tert-OH is 1. The number of aryl methyl sites for hydroxylation is 1. The van der Waals surface area contributed by atoms with Crippen LogP contribution < -0.4 is 16.0 Å². The molecular formula is C15H22N4O3. The van der Waals surface area contributed by atoms with E-state index in [1.165, 1.54) is 5.56 Å². The molecule has 2 heterocycles. The molecule has 120 valence electrons. The number of aromatic nitrogens is 1. The number of anilines is 2. The van der Waals surface area contributed by atoms with Crippen LogP contribution in [0, 0.1) is 5.92 Å². The fraction of sp³-hybridized carbons (Fsp3) is 0.600. The maximum atomic E-state index is 10.9. The first-order valence-electron chi connectivity index (χ1n) is 7.66. The lowest BCUT2D eigenvalue weighted by atomic mass is 9.91. The molecule has 1 aromatic heterocycles. The maximum absolute atomic E-state index is 10.9. The highest BCUT2D eigenvalue weighted by molar-refractivity contribution is 5.73. The molecule has 3 rings (SSSR count). The quantitative estimate of drug-likeness (QED) is 0.637. The van der Waals surface area contributed by atoms with Gasteiger partial charge < -0.3 is 26.2 Å². The molecular weight excluding hydrogens is 284 g/mol. The Balaban J connectivity index is 1.92. The van der Waals surface area contributed by atoms with Crippen LogP contribution in [-0.4, -0.2) is 46.5 Å². The van der Waals surface area contributed by atoms with Gasteiger partial charge in [0.25, 0.3) is 0 Å². The minimum absolute atomic E-state index is 0.0461. The number of nitrogens with two attached hydrogens (primary N) is 1. The predicted octanol–water partition coefficient (Wildman–Crippen LogP) is 0.606. The molecule has 7 heteroatoms. The second kappa shape index (κ2) is 5.64. The van der Waals surface area contributed by atoms with Gasteiger partial charge in [-0.2, -0.15) is 0 Å². The summed E-state index contributed by atoms with van der Waals surface area (Å²) in [6.07, 6.45) is 2.86. The van der Waals surface area contributed by atoms with Gasteiger partial charge in [0.05, 0.1) is 29.7 Å².